The maximum absolute atomic E-state index is 10.5. The van der Waals surface area contributed by atoms with Crippen molar-refractivity contribution in [3.8, 4) is 0 Å². The molecule has 18 heavy (non-hydrogen) atoms. The van der Waals surface area contributed by atoms with Crippen molar-refractivity contribution < 1.29 is 9.90 Å². The standard InChI is InChI=1S/C13H17Cl2NO2/c1-2-16(7-3-4-13(17)18)9-10-5-6-11(14)12(15)8-10/h5-6,8H,2-4,7,9H2,1H3,(H,17,18). The molecule has 0 aliphatic carbocycles. The summed E-state index contributed by atoms with van der Waals surface area (Å²) < 4.78 is 0. The summed E-state index contributed by atoms with van der Waals surface area (Å²) in [4.78, 5) is 12.6. The van der Waals surface area contributed by atoms with Gasteiger partial charge in [0.2, 0.25) is 0 Å². The normalized spacial score (nSPS) is 10.9. The van der Waals surface area contributed by atoms with Gasteiger partial charge in [0.15, 0.2) is 0 Å². The number of carboxylic acid groups (broad SMARTS) is 1. The predicted octanol–water partition coefficient (Wildman–Crippen LogP) is 3.68. The first-order valence-electron chi connectivity index (χ1n) is 5.91. The Morgan fingerprint density at radius 1 is 1.33 bits per heavy atom. The molecule has 0 bridgehead atoms. The van der Waals surface area contributed by atoms with Crippen molar-refractivity contribution in [1.82, 2.24) is 4.90 Å². The van der Waals surface area contributed by atoms with Crippen LogP contribution in [0.2, 0.25) is 10.0 Å². The molecule has 5 heteroatoms. The van der Waals surface area contributed by atoms with Gasteiger partial charge in [0.05, 0.1) is 10.0 Å². The van der Waals surface area contributed by atoms with Gasteiger partial charge in [-0.2, -0.15) is 0 Å². The van der Waals surface area contributed by atoms with Crippen molar-refractivity contribution >= 4 is 29.2 Å². The van der Waals surface area contributed by atoms with Gasteiger partial charge in [-0.1, -0.05) is 36.2 Å². The molecule has 1 aromatic rings. The van der Waals surface area contributed by atoms with Gasteiger partial charge in [-0.05, 0) is 37.2 Å². The molecule has 0 aliphatic heterocycles. The van der Waals surface area contributed by atoms with Crippen LogP contribution >= 0.6 is 23.2 Å². The van der Waals surface area contributed by atoms with Crippen molar-refractivity contribution in [2.75, 3.05) is 13.1 Å². The number of carboxylic acids is 1. The summed E-state index contributed by atoms with van der Waals surface area (Å²) in [5, 5.41) is 9.71. The minimum Gasteiger partial charge on any atom is -0.481 e. The van der Waals surface area contributed by atoms with E-state index < -0.39 is 5.97 Å². The molecule has 0 aromatic heterocycles. The molecule has 1 aromatic carbocycles. The van der Waals surface area contributed by atoms with E-state index >= 15 is 0 Å². The van der Waals surface area contributed by atoms with Gasteiger partial charge in [0, 0.05) is 13.0 Å². The lowest BCUT2D eigenvalue weighted by atomic mass is 10.2. The number of hydrogen-bond acceptors (Lipinski definition) is 2. The average molecular weight is 290 g/mol. The zero-order valence-corrected chi connectivity index (χ0v) is 11.8. The van der Waals surface area contributed by atoms with Crippen LogP contribution < -0.4 is 0 Å². The van der Waals surface area contributed by atoms with Crippen molar-refractivity contribution in [1.29, 1.82) is 0 Å². The molecular weight excluding hydrogens is 273 g/mol. The minimum atomic E-state index is -0.749. The Bertz CT molecular complexity index is 410. The highest BCUT2D eigenvalue weighted by atomic mass is 35.5. The van der Waals surface area contributed by atoms with Crippen molar-refractivity contribution in [3.05, 3.63) is 33.8 Å². The Morgan fingerprint density at radius 3 is 2.61 bits per heavy atom. The van der Waals surface area contributed by atoms with Crippen LogP contribution in [0.5, 0.6) is 0 Å². The molecule has 3 nitrogen and oxygen atoms in total. The zero-order valence-electron chi connectivity index (χ0n) is 10.3. The number of nitrogens with zero attached hydrogens (tertiary/aromatic N) is 1. The molecular formula is C13H17Cl2NO2. The van der Waals surface area contributed by atoms with E-state index in [2.05, 4.69) is 11.8 Å². The number of aliphatic carboxylic acids is 1. The highest BCUT2D eigenvalue weighted by molar-refractivity contribution is 6.42. The van der Waals surface area contributed by atoms with E-state index in [1.807, 2.05) is 12.1 Å². The Hall–Kier alpha value is -0.770. The van der Waals surface area contributed by atoms with Gasteiger partial charge >= 0.3 is 5.97 Å². The second-order valence-corrected chi connectivity index (χ2v) is 4.93. The Balaban J connectivity index is 2.51. The SMILES string of the molecule is CCN(CCCC(=O)O)Cc1ccc(Cl)c(Cl)c1. The van der Waals surface area contributed by atoms with E-state index in [0.29, 0.717) is 16.5 Å². The summed E-state index contributed by atoms with van der Waals surface area (Å²) in [7, 11) is 0. The Kier molecular flexibility index (Phi) is 6.47. The monoisotopic (exact) mass is 289 g/mol. The smallest absolute Gasteiger partial charge is 0.303 e. The first-order chi connectivity index (χ1) is 8.52. The van der Waals surface area contributed by atoms with Crippen LogP contribution in [0.4, 0.5) is 0 Å². The molecule has 0 saturated heterocycles. The Morgan fingerprint density at radius 2 is 2.06 bits per heavy atom. The summed E-state index contributed by atoms with van der Waals surface area (Å²) in [5.74, 6) is -0.749. The van der Waals surface area contributed by atoms with Crippen molar-refractivity contribution in [2.45, 2.75) is 26.3 Å². The van der Waals surface area contributed by atoms with Crippen molar-refractivity contribution in [2.24, 2.45) is 0 Å². The average Bonchev–Trinajstić information content (AvgIpc) is 2.32. The van der Waals surface area contributed by atoms with Crippen LogP contribution in [0.15, 0.2) is 18.2 Å². The van der Waals surface area contributed by atoms with E-state index in [4.69, 9.17) is 28.3 Å². The van der Waals surface area contributed by atoms with Gasteiger partial charge in [-0.3, -0.25) is 9.69 Å². The van der Waals surface area contributed by atoms with Crippen LogP contribution in [-0.2, 0) is 11.3 Å². The second-order valence-electron chi connectivity index (χ2n) is 4.11. The summed E-state index contributed by atoms with van der Waals surface area (Å²) >= 11 is 11.8. The second kappa shape index (κ2) is 7.62. The molecule has 1 rings (SSSR count). The lowest BCUT2D eigenvalue weighted by molar-refractivity contribution is -0.137. The molecule has 0 aliphatic rings. The quantitative estimate of drug-likeness (QED) is 0.832. The number of hydrogen-bond donors (Lipinski definition) is 1. The molecule has 0 heterocycles. The fraction of sp³-hybridized carbons (Fsp3) is 0.462. The van der Waals surface area contributed by atoms with Crippen LogP contribution in [0.1, 0.15) is 25.3 Å². The largest absolute Gasteiger partial charge is 0.481 e. The number of carbonyl (C=O) groups is 1. The van der Waals surface area contributed by atoms with E-state index in [1.54, 1.807) is 6.07 Å². The van der Waals surface area contributed by atoms with E-state index in [9.17, 15) is 4.79 Å². The lowest BCUT2D eigenvalue weighted by Crippen LogP contribution is -2.24. The lowest BCUT2D eigenvalue weighted by Gasteiger charge is -2.20. The third kappa shape index (κ3) is 5.25. The third-order valence-electron chi connectivity index (χ3n) is 2.70. The van der Waals surface area contributed by atoms with Gasteiger partial charge in [0.25, 0.3) is 0 Å². The summed E-state index contributed by atoms with van der Waals surface area (Å²) in [6, 6.07) is 5.57. The molecule has 100 valence electrons. The third-order valence-corrected chi connectivity index (χ3v) is 3.44. The topological polar surface area (TPSA) is 40.5 Å². The molecule has 0 atom stereocenters. The predicted molar refractivity (Wildman–Crippen MR) is 74.3 cm³/mol. The van der Waals surface area contributed by atoms with Gasteiger partial charge in [-0.25, -0.2) is 0 Å². The molecule has 0 saturated carbocycles. The van der Waals surface area contributed by atoms with Gasteiger partial charge < -0.3 is 5.11 Å². The van der Waals surface area contributed by atoms with Crippen LogP contribution in [-0.4, -0.2) is 29.1 Å². The summed E-state index contributed by atoms with van der Waals surface area (Å²) in [5.41, 5.74) is 1.08. The number of rotatable bonds is 7. The highest BCUT2D eigenvalue weighted by Crippen LogP contribution is 2.23. The number of benzene rings is 1. The van der Waals surface area contributed by atoms with Crippen molar-refractivity contribution in [3.63, 3.8) is 0 Å². The van der Waals surface area contributed by atoms with Crippen LogP contribution in [0, 0.1) is 0 Å². The minimum absolute atomic E-state index is 0.206. The molecule has 0 amide bonds. The molecule has 1 N–H and O–H groups in total. The number of halogens is 2. The van der Waals surface area contributed by atoms with Crippen LogP contribution in [0.3, 0.4) is 0 Å². The maximum Gasteiger partial charge on any atom is 0.303 e. The fourth-order valence-corrected chi connectivity index (χ4v) is 2.02. The first kappa shape index (κ1) is 15.3. The first-order valence-corrected chi connectivity index (χ1v) is 6.66. The van der Waals surface area contributed by atoms with Crippen LogP contribution in [0.25, 0.3) is 0 Å². The van der Waals surface area contributed by atoms with Gasteiger partial charge in [-0.15, -0.1) is 0 Å². The van der Waals surface area contributed by atoms with E-state index in [0.717, 1.165) is 25.2 Å². The maximum atomic E-state index is 10.5. The molecule has 0 fully saturated rings. The fourth-order valence-electron chi connectivity index (χ4n) is 1.70. The molecule has 0 radical (unpaired) electrons. The molecule has 0 unspecified atom stereocenters. The zero-order chi connectivity index (χ0) is 13.5. The van der Waals surface area contributed by atoms with Gasteiger partial charge in [0.1, 0.15) is 0 Å². The van der Waals surface area contributed by atoms with E-state index in [1.165, 1.54) is 0 Å². The Labute approximate surface area is 117 Å². The molecule has 0 spiro atoms. The summed E-state index contributed by atoms with van der Waals surface area (Å²) in [6.45, 7) is 4.45. The van der Waals surface area contributed by atoms with E-state index in [-0.39, 0.29) is 6.42 Å². The highest BCUT2D eigenvalue weighted by Gasteiger charge is 2.06. The summed E-state index contributed by atoms with van der Waals surface area (Å²) in [6.07, 6.45) is 0.863.